The van der Waals surface area contributed by atoms with E-state index in [1.807, 2.05) is 0 Å². The van der Waals surface area contributed by atoms with Gasteiger partial charge in [-0.3, -0.25) is 67.7 Å². The van der Waals surface area contributed by atoms with Crippen molar-refractivity contribution < 1.29 is 86.9 Å². The SMILES string of the molecule is CC(C)C[C@H](NC(=O)[C@@H](CCCCNC(=O)CCCCCNC(=O)CO/N=C/c1ccc([18F])cc1)NC(=O)[C@H](Cc1ccc(O)cc1)NC(=O)[C@H](CO)NC(=O)[C@H](Cc1c[nH]c2ccccc12)NC(=O)[C@H](Cc1cnc[nH]1)NC(=O)[C@@H]1CCC(=O)N1)C(=O)N[C@@H](CCCNC(=N)N)C(=O)N1CCC[C@H]1C(=O)NCC(=O)O. The number of hydrogen-bond acceptors (Lipinski definition) is 19. The van der Waals surface area contributed by atoms with Gasteiger partial charge in [-0.05, 0) is 124 Å². The first-order valence-electron chi connectivity index (χ1n) is 36.9. The van der Waals surface area contributed by atoms with Crippen LogP contribution in [0.3, 0.4) is 0 Å². The molecule has 0 saturated carbocycles. The minimum Gasteiger partial charge on any atom is -0.508 e. The number of phenols is 1. The molecule has 37 heteroatoms. The topological polar surface area (TPSA) is 546 Å². The maximum atomic E-state index is 15.1. The van der Waals surface area contributed by atoms with Gasteiger partial charge in [0, 0.05) is 87.3 Å². The van der Waals surface area contributed by atoms with Crippen LogP contribution in [0.5, 0.6) is 5.75 Å². The van der Waals surface area contributed by atoms with Crippen LogP contribution in [-0.2, 0) is 86.4 Å². The van der Waals surface area contributed by atoms with E-state index in [0.29, 0.717) is 65.5 Å². The molecule has 2 aliphatic heterocycles. The molecule has 4 heterocycles. The van der Waals surface area contributed by atoms with Gasteiger partial charge < -0.3 is 105 Å². The normalized spacial score (nSPS) is 15.8. The average molecular weight is 1550 g/mol. The van der Waals surface area contributed by atoms with Gasteiger partial charge in [-0.2, -0.15) is 0 Å². The smallest absolute Gasteiger partial charge is 0.322 e. The number of rotatable bonds is 46. The number of nitrogens with two attached hydrogens (primary N) is 1. The van der Waals surface area contributed by atoms with Crippen molar-refractivity contribution >= 4 is 99.9 Å². The van der Waals surface area contributed by atoms with E-state index in [2.05, 4.69) is 83.9 Å². The number of aliphatic carboxylic acids is 1. The number of carbonyl (C=O) groups excluding carboxylic acids is 12. The number of likely N-dealkylation sites (tertiary alicyclic amines) is 1. The number of hydrogen-bond donors (Lipinski definition) is 19. The number of amides is 12. The van der Waals surface area contributed by atoms with E-state index >= 15 is 9.59 Å². The number of aromatic amines is 2. The monoisotopic (exact) mass is 1540 g/mol. The van der Waals surface area contributed by atoms with Crippen molar-refractivity contribution in [2.75, 3.05) is 45.9 Å². The van der Waals surface area contributed by atoms with Crippen LogP contribution in [-0.4, -0.2) is 225 Å². The number of aliphatic hydroxyl groups excluding tert-OH is 1. The Morgan fingerprint density at radius 3 is 1.95 bits per heavy atom. The van der Waals surface area contributed by atoms with Crippen LogP contribution >= 0.6 is 0 Å². The Balaban J connectivity index is 1.08. The summed E-state index contributed by atoms with van der Waals surface area (Å²) in [6, 6.07) is 5.46. The number of aliphatic hydroxyl groups is 1. The lowest BCUT2D eigenvalue weighted by Crippen LogP contribution is -2.61. The number of aromatic hydroxyl groups is 1. The third-order valence-electron chi connectivity index (χ3n) is 18.3. The Bertz CT molecular complexity index is 4030. The van der Waals surface area contributed by atoms with E-state index in [9.17, 15) is 72.4 Å². The summed E-state index contributed by atoms with van der Waals surface area (Å²) in [6.07, 6.45) is 7.84. The van der Waals surface area contributed by atoms with Crippen LogP contribution in [0.2, 0.25) is 0 Å². The van der Waals surface area contributed by atoms with Gasteiger partial charge >= 0.3 is 5.97 Å². The molecule has 12 amide bonds. The van der Waals surface area contributed by atoms with Crippen molar-refractivity contribution in [3.63, 3.8) is 0 Å². The molecule has 36 nitrogen and oxygen atoms in total. The van der Waals surface area contributed by atoms with Gasteiger partial charge in [0.25, 0.3) is 5.91 Å². The number of unbranched alkanes of at least 4 members (excludes halogenated alkanes) is 3. The first-order chi connectivity index (χ1) is 53.2. The Morgan fingerprint density at radius 1 is 0.676 bits per heavy atom. The lowest BCUT2D eigenvalue weighted by atomic mass is 10.00. The number of guanidine groups is 1. The van der Waals surface area contributed by atoms with Gasteiger partial charge in [-0.15, -0.1) is 0 Å². The zero-order chi connectivity index (χ0) is 80.4. The second-order valence-corrected chi connectivity index (χ2v) is 27.5. The maximum absolute atomic E-state index is 15.1. The molecule has 2 aromatic heterocycles. The molecule has 5 aromatic rings. The molecule has 3 aromatic carbocycles. The highest BCUT2D eigenvalue weighted by Gasteiger charge is 2.40. The number of imidazole rings is 1. The number of aromatic nitrogens is 3. The quantitative estimate of drug-likeness (QED) is 0.00956. The summed E-state index contributed by atoms with van der Waals surface area (Å²) in [7, 11) is 0. The summed E-state index contributed by atoms with van der Waals surface area (Å²) in [5.74, 6) is -11.4. The maximum Gasteiger partial charge on any atom is 0.322 e. The zero-order valence-corrected chi connectivity index (χ0v) is 61.8. The third-order valence-corrected chi connectivity index (χ3v) is 18.3. The fourth-order valence-corrected chi connectivity index (χ4v) is 12.5. The number of phenolic OH excluding ortho intramolecular Hbond substituents is 1. The molecule has 2 fully saturated rings. The van der Waals surface area contributed by atoms with E-state index in [4.69, 9.17) is 16.0 Å². The standard InChI is InChI=1S/C74H100FN19O17/c1-43(2)32-55(67(104)88-54(15-10-30-81-74(76)77)73(110)94-31-11-16-60(94)72(109)83-39-64(100)101)89-65(102)52(14-7-9-29-79-61(97)17-4-3-8-28-80-63(99)41-111-85-36-45-18-22-47(75)23-19-45)87-68(105)56(33-44-20-24-49(96)25-21-44)90-71(108)59(40-95)93-69(106)57(34-46-37-82-51-13-6-5-12-50(46)51)91-70(107)58(35-48-38-78-42-84-48)92-66(103)53-26-27-62(98)86-53/h5-6,12-13,18-25,36-38,42-43,52-60,82,95-96H,3-4,7-11,14-17,26-35,39-41H2,1-2H3,(H,78,84)(H,79,97)(H,80,99)(H,83,109)(H,86,98)(H,87,105)(H,88,104)(H,89,102)(H,90,108)(H,91,107)(H,92,103)(H,93,106)(H,100,101)(H4,76,77,81)/b85-36+/t52-,53+,54+,55+,56+,57+,58+,59+,60+/m1/s1/i75-1. The predicted octanol–water partition coefficient (Wildman–Crippen LogP) is -1.06. The van der Waals surface area contributed by atoms with Crippen molar-refractivity contribution in [2.24, 2.45) is 16.8 Å². The van der Waals surface area contributed by atoms with Crippen LogP contribution in [0.1, 0.15) is 126 Å². The molecule has 0 bridgehead atoms. The molecule has 0 radical (unpaired) electrons. The Morgan fingerprint density at radius 2 is 1.29 bits per heavy atom. The van der Waals surface area contributed by atoms with Gasteiger partial charge in [0.2, 0.25) is 65.0 Å². The minimum atomic E-state index is -1.85. The average Bonchev–Trinajstić information content (AvgIpc) is 1.82. The van der Waals surface area contributed by atoms with Crippen molar-refractivity contribution in [2.45, 2.75) is 177 Å². The van der Waals surface area contributed by atoms with E-state index in [1.165, 1.54) is 72.2 Å². The van der Waals surface area contributed by atoms with Gasteiger partial charge in [-0.1, -0.05) is 67.9 Å². The molecular weight excluding hydrogens is 1440 g/mol. The lowest BCUT2D eigenvalue weighted by molar-refractivity contribution is -0.143. The number of nitrogens with zero attached hydrogens (tertiary/aromatic N) is 3. The van der Waals surface area contributed by atoms with E-state index < -0.39 is 138 Å². The van der Waals surface area contributed by atoms with Crippen LogP contribution in [0.4, 0.5) is 4.39 Å². The second-order valence-electron chi connectivity index (χ2n) is 27.5. The summed E-state index contributed by atoms with van der Waals surface area (Å²) in [5.41, 5.74) is 8.09. The molecule has 0 spiro atoms. The predicted molar refractivity (Wildman–Crippen MR) is 400 cm³/mol. The van der Waals surface area contributed by atoms with E-state index in [0.717, 1.165) is 0 Å². The first kappa shape index (κ1) is 86.2. The molecule has 7 rings (SSSR count). The van der Waals surface area contributed by atoms with Crippen LogP contribution in [0.15, 0.2) is 96.7 Å². The molecule has 2 aliphatic rings. The molecular formula is C74H100FN19O17. The van der Waals surface area contributed by atoms with Gasteiger partial charge in [0.05, 0.1) is 19.1 Å². The minimum absolute atomic E-state index is 0.0367. The number of H-pyrrole nitrogens is 2. The number of para-hydroxylation sites is 1. The first-order valence-corrected chi connectivity index (χ1v) is 36.9. The number of carboxylic acids is 1. The number of benzene rings is 3. The molecule has 111 heavy (non-hydrogen) atoms. The fourth-order valence-electron chi connectivity index (χ4n) is 12.5. The molecule has 20 N–H and O–H groups in total. The van der Waals surface area contributed by atoms with Crippen LogP contribution in [0.25, 0.3) is 10.9 Å². The lowest BCUT2D eigenvalue weighted by Gasteiger charge is -2.30. The highest BCUT2D eigenvalue weighted by Crippen LogP contribution is 2.23. The summed E-state index contributed by atoms with van der Waals surface area (Å²) in [5, 5.41) is 74.3. The van der Waals surface area contributed by atoms with Crippen molar-refractivity contribution in [1.29, 1.82) is 5.41 Å². The Labute approximate surface area is 639 Å². The van der Waals surface area contributed by atoms with E-state index in [1.54, 1.807) is 44.3 Å². The molecule has 0 unspecified atom stereocenters. The van der Waals surface area contributed by atoms with Gasteiger partial charge in [0.15, 0.2) is 12.6 Å². The number of carbonyl (C=O) groups is 13. The second kappa shape index (κ2) is 44.4. The van der Waals surface area contributed by atoms with Crippen molar-refractivity contribution in [3.8, 4) is 5.75 Å². The molecule has 9 atom stereocenters. The molecule has 2 saturated heterocycles. The molecule has 0 aliphatic carbocycles. The summed E-state index contributed by atoms with van der Waals surface area (Å²) < 4.78 is 13.2. The third kappa shape index (κ3) is 29.1. The number of oxime groups is 1. The number of halogens is 1. The van der Waals surface area contributed by atoms with Gasteiger partial charge in [-0.25, -0.2) is 9.37 Å². The largest absolute Gasteiger partial charge is 0.508 e. The highest BCUT2D eigenvalue weighted by molar-refractivity contribution is 6.00. The highest BCUT2D eigenvalue weighted by atomic mass is 18.2. The number of carboxylic acid groups (broad SMARTS) is 1. The van der Waals surface area contributed by atoms with Crippen LogP contribution < -0.4 is 69.5 Å². The van der Waals surface area contributed by atoms with Crippen molar-refractivity contribution in [1.82, 2.24) is 83.7 Å². The zero-order valence-electron chi connectivity index (χ0n) is 61.8. The Kier molecular flexibility index (Phi) is 34.5. The fraction of sp³-hybridized carbons (Fsp3) is 0.486. The van der Waals surface area contributed by atoms with Crippen molar-refractivity contribution in [3.05, 3.63) is 120 Å². The summed E-state index contributed by atoms with van der Waals surface area (Å²) >= 11 is 0. The molecule has 600 valence electrons. The summed E-state index contributed by atoms with van der Waals surface area (Å²) in [4.78, 5) is 195. The number of nitrogens with one attached hydrogen (secondary N) is 15. The summed E-state index contributed by atoms with van der Waals surface area (Å²) in [6.45, 7) is 1.97. The van der Waals surface area contributed by atoms with Gasteiger partial charge in [0.1, 0.15) is 72.5 Å². The number of fused-ring (bicyclic) bond motifs is 1. The Hall–Kier alpha value is -12.0. The van der Waals surface area contributed by atoms with E-state index in [-0.39, 0.29) is 139 Å². The van der Waals surface area contributed by atoms with Crippen LogP contribution in [0, 0.1) is 17.1 Å².